The molecule has 3 rings (SSSR count). The van der Waals surface area contributed by atoms with E-state index in [1.807, 2.05) is 0 Å². The van der Waals surface area contributed by atoms with E-state index < -0.39 is 31.5 Å². The summed E-state index contributed by atoms with van der Waals surface area (Å²) in [5.74, 6) is -1.18. The summed E-state index contributed by atoms with van der Waals surface area (Å²) >= 11 is 0. The van der Waals surface area contributed by atoms with Crippen LogP contribution in [0.5, 0.6) is 5.75 Å². The number of ether oxygens (including phenoxy) is 1. The maximum Gasteiger partial charge on any atom is 0.322 e. The van der Waals surface area contributed by atoms with Crippen molar-refractivity contribution in [2.24, 2.45) is 0 Å². The summed E-state index contributed by atoms with van der Waals surface area (Å²) in [5.41, 5.74) is 0.418. The van der Waals surface area contributed by atoms with Crippen molar-refractivity contribution in [3.63, 3.8) is 0 Å². The molecule has 0 aliphatic heterocycles. The molecule has 0 spiro atoms. The van der Waals surface area contributed by atoms with Gasteiger partial charge in [-0.3, -0.25) is 10.1 Å². The van der Waals surface area contributed by atoms with E-state index in [0.717, 1.165) is 4.31 Å². The first kappa shape index (κ1) is 23.4. The number of nitrogens with zero attached hydrogens (tertiary/aromatic N) is 3. The zero-order valence-corrected chi connectivity index (χ0v) is 19.0. The fourth-order valence-corrected chi connectivity index (χ4v) is 4.60. The summed E-state index contributed by atoms with van der Waals surface area (Å²) in [6.45, 7) is 0. The standard InChI is InChI=1S/C19H20N4O7S2/c1-23(2)32(27,28)16-8-4-13(5-9-16)18-21-22-19(30-18)20-17(24)12-31(25,26)15-10-6-14(29-3)7-11-15/h4-11H,12H2,1-3H3,(H,20,22,24). The highest BCUT2D eigenvalue weighted by Crippen LogP contribution is 2.23. The molecule has 0 bridgehead atoms. The number of sulfonamides is 1. The molecule has 0 fully saturated rings. The van der Waals surface area contributed by atoms with Crippen molar-refractivity contribution in [2.75, 3.05) is 32.3 Å². The third kappa shape index (κ3) is 5.12. The lowest BCUT2D eigenvalue weighted by molar-refractivity contribution is -0.114. The van der Waals surface area contributed by atoms with Gasteiger partial charge in [0.2, 0.25) is 21.8 Å². The van der Waals surface area contributed by atoms with E-state index in [9.17, 15) is 21.6 Å². The smallest absolute Gasteiger partial charge is 0.322 e. The number of amides is 1. The molecule has 170 valence electrons. The maximum absolute atomic E-state index is 12.4. The minimum Gasteiger partial charge on any atom is -0.497 e. The van der Waals surface area contributed by atoms with E-state index in [4.69, 9.17) is 9.15 Å². The van der Waals surface area contributed by atoms with Crippen molar-refractivity contribution < 1.29 is 30.8 Å². The van der Waals surface area contributed by atoms with Crippen molar-refractivity contribution in [1.29, 1.82) is 0 Å². The van der Waals surface area contributed by atoms with Gasteiger partial charge in [-0.2, -0.15) is 0 Å². The Morgan fingerprint density at radius 1 is 0.969 bits per heavy atom. The van der Waals surface area contributed by atoms with Gasteiger partial charge in [0.15, 0.2) is 9.84 Å². The number of carbonyl (C=O) groups is 1. The van der Waals surface area contributed by atoms with Crippen molar-refractivity contribution in [3.8, 4) is 17.2 Å². The van der Waals surface area contributed by atoms with Crippen molar-refractivity contribution in [2.45, 2.75) is 9.79 Å². The van der Waals surface area contributed by atoms with Crippen molar-refractivity contribution in [1.82, 2.24) is 14.5 Å². The fraction of sp³-hybridized carbons (Fsp3) is 0.211. The van der Waals surface area contributed by atoms with Gasteiger partial charge >= 0.3 is 6.01 Å². The van der Waals surface area contributed by atoms with Crippen LogP contribution >= 0.6 is 0 Å². The maximum atomic E-state index is 12.4. The minimum absolute atomic E-state index is 0.0205. The van der Waals surface area contributed by atoms with Gasteiger partial charge in [0.1, 0.15) is 11.5 Å². The number of carbonyl (C=O) groups excluding carboxylic acids is 1. The predicted molar refractivity (Wildman–Crippen MR) is 114 cm³/mol. The highest BCUT2D eigenvalue weighted by atomic mass is 32.2. The Labute approximate surface area is 185 Å². The molecule has 0 aliphatic rings. The molecular formula is C19H20N4O7S2. The SMILES string of the molecule is COc1ccc(S(=O)(=O)CC(=O)Nc2nnc(-c3ccc(S(=O)(=O)N(C)C)cc3)o2)cc1. The Morgan fingerprint density at radius 2 is 1.56 bits per heavy atom. The van der Waals surface area contributed by atoms with E-state index >= 15 is 0 Å². The van der Waals surface area contributed by atoms with Crippen LogP contribution in [0.3, 0.4) is 0 Å². The van der Waals surface area contributed by atoms with Crippen LogP contribution < -0.4 is 10.1 Å². The van der Waals surface area contributed by atoms with E-state index in [0.29, 0.717) is 11.3 Å². The molecule has 13 heteroatoms. The van der Waals surface area contributed by atoms with Crippen LogP contribution in [0, 0.1) is 0 Å². The zero-order valence-electron chi connectivity index (χ0n) is 17.3. The Kier molecular flexibility index (Phi) is 6.62. The lowest BCUT2D eigenvalue weighted by Crippen LogP contribution is -2.23. The first-order chi connectivity index (χ1) is 15.0. The van der Waals surface area contributed by atoms with Gasteiger partial charge < -0.3 is 9.15 Å². The van der Waals surface area contributed by atoms with E-state index in [-0.39, 0.29) is 21.7 Å². The highest BCUT2D eigenvalue weighted by molar-refractivity contribution is 7.92. The van der Waals surface area contributed by atoms with Crippen LogP contribution in [0.25, 0.3) is 11.5 Å². The van der Waals surface area contributed by atoms with E-state index in [1.165, 1.54) is 69.7 Å². The number of sulfone groups is 1. The molecule has 11 nitrogen and oxygen atoms in total. The number of benzene rings is 2. The second-order valence-corrected chi connectivity index (χ2v) is 10.8. The second kappa shape index (κ2) is 9.06. The molecule has 1 heterocycles. The topological polar surface area (TPSA) is 149 Å². The Bertz CT molecular complexity index is 1310. The monoisotopic (exact) mass is 480 g/mol. The van der Waals surface area contributed by atoms with Gasteiger partial charge in [-0.05, 0) is 48.5 Å². The minimum atomic E-state index is -3.89. The van der Waals surface area contributed by atoms with E-state index in [1.54, 1.807) is 0 Å². The van der Waals surface area contributed by atoms with Crippen LogP contribution in [0.15, 0.2) is 62.7 Å². The van der Waals surface area contributed by atoms with Gasteiger partial charge in [0.25, 0.3) is 0 Å². The molecule has 2 aromatic carbocycles. The van der Waals surface area contributed by atoms with E-state index in [2.05, 4.69) is 15.5 Å². The fourth-order valence-electron chi connectivity index (χ4n) is 2.57. The number of anilines is 1. The first-order valence-electron chi connectivity index (χ1n) is 9.06. The quantitative estimate of drug-likeness (QED) is 0.505. The molecule has 1 N–H and O–H groups in total. The summed E-state index contributed by atoms with van der Waals surface area (Å²) in [6.07, 6.45) is 0. The van der Waals surface area contributed by atoms with Crippen molar-refractivity contribution >= 4 is 31.8 Å². The van der Waals surface area contributed by atoms with Gasteiger partial charge in [-0.1, -0.05) is 5.10 Å². The molecule has 3 aromatic rings. The summed E-state index contributed by atoms with van der Waals surface area (Å²) in [5, 5.41) is 9.70. The van der Waals surface area contributed by atoms with Crippen LogP contribution in [0.1, 0.15) is 0 Å². The van der Waals surface area contributed by atoms with Crippen LogP contribution in [0.2, 0.25) is 0 Å². The number of methoxy groups -OCH3 is 1. The molecule has 32 heavy (non-hydrogen) atoms. The number of aromatic nitrogens is 2. The summed E-state index contributed by atoms with van der Waals surface area (Å²) in [7, 11) is -3.18. The Morgan fingerprint density at radius 3 is 2.12 bits per heavy atom. The molecule has 1 amide bonds. The molecule has 0 aliphatic carbocycles. The molecule has 0 radical (unpaired) electrons. The lowest BCUT2D eigenvalue weighted by Gasteiger charge is -2.11. The van der Waals surface area contributed by atoms with Gasteiger partial charge in [-0.25, -0.2) is 21.1 Å². The highest BCUT2D eigenvalue weighted by Gasteiger charge is 2.22. The normalized spacial score (nSPS) is 12.0. The number of hydrogen-bond donors (Lipinski definition) is 1. The van der Waals surface area contributed by atoms with Crippen LogP contribution in [-0.4, -0.2) is 64.2 Å². The second-order valence-electron chi connectivity index (χ2n) is 6.71. The molecule has 1 aromatic heterocycles. The predicted octanol–water partition coefficient (Wildman–Crippen LogP) is 1.41. The molecule has 0 saturated heterocycles. The third-order valence-electron chi connectivity index (χ3n) is 4.29. The molecule has 0 saturated carbocycles. The summed E-state index contributed by atoms with van der Waals surface area (Å²) < 4.78 is 60.5. The molecule has 0 unspecified atom stereocenters. The van der Waals surface area contributed by atoms with Crippen molar-refractivity contribution in [3.05, 3.63) is 48.5 Å². The third-order valence-corrected chi connectivity index (χ3v) is 7.75. The number of rotatable bonds is 8. The summed E-state index contributed by atoms with van der Waals surface area (Å²) in [6, 6.07) is 11.1. The lowest BCUT2D eigenvalue weighted by atomic mass is 10.2. The zero-order chi connectivity index (χ0) is 23.5. The number of hydrogen-bond acceptors (Lipinski definition) is 9. The summed E-state index contributed by atoms with van der Waals surface area (Å²) in [4.78, 5) is 12.2. The van der Waals surface area contributed by atoms with Gasteiger partial charge in [0.05, 0.1) is 16.9 Å². The van der Waals surface area contributed by atoms with Gasteiger partial charge in [0, 0.05) is 19.7 Å². The first-order valence-corrected chi connectivity index (χ1v) is 12.2. The largest absolute Gasteiger partial charge is 0.497 e. The Balaban J connectivity index is 1.68. The average Bonchev–Trinajstić information content (AvgIpc) is 3.21. The molecule has 0 atom stereocenters. The van der Waals surface area contributed by atoms with Crippen LogP contribution in [-0.2, 0) is 24.7 Å². The van der Waals surface area contributed by atoms with Gasteiger partial charge in [-0.15, -0.1) is 5.10 Å². The average molecular weight is 481 g/mol. The Hall–Kier alpha value is -3.29. The van der Waals surface area contributed by atoms with Crippen LogP contribution in [0.4, 0.5) is 6.01 Å². The molecular weight excluding hydrogens is 460 g/mol. The number of nitrogens with one attached hydrogen (secondary N) is 1.